The number of amidine groups is 1. The van der Waals surface area contributed by atoms with Gasteiger partial charge in [0.25, 0.3) is 0 Å². The number of nitrogens with one attached hydrogen (secondary N) is 1. The molecular weight excluding hydrogens is 340 g/mol. The van der Waals surface area contributed by atoms with Crippen LogP contribution in [-0.2, 0) is 0 Å². The third-order valence-corrected chi connectivity index (χ3v) is 6.88. The summed E-state index contributed by atoms with van der Waals surface area (Å²) in [6, 6.07) is 20.9. The molecule has 0 bridgehead atoms. The van der Waals surface area contributed by atoms with Crippen LogP contribution in [0.1, 0.15) is 4.88 Å². The Kier molecular flexibility index (Phi) is 5.10. The Hall–Kier alpha value is -1.69. The molecule has 3 aromatic rings. The van der Waals surface area contributed by atoms with Gasteiger partial charge >= 0.3 is 0 Å². The van der Waals surface area contributed by atoms with Crippen LogP contribution >= 0.6 is 34.9 Å². The normalized spacial score (nSPS) is 10.7. The SMILES string of the molecule is CSc1sc(C(=N)N)cc1Sc1cccc(-c2ccccc2)c1. The number of nitrogen functional groups attached to an aromatic ring is 1. The highest BCUT2D eigenvalue weighted by molar-refractivity contribution is 8.03. The molecule has 23 heavy (non-hydrogen) atoms. The highest BCUT2D eigenvalue weighted by atomic mass is 32.2. The minimum Gasteiger partial charge on any atom is -0.383 e. The van der Waals surface area contributed by atoms with E-state index in [-0.39, 0.29) is 5.84 Å². The lowest BCUT2D eigenvalue weighted by molar-refractivity contribution is 1.36. The van der Waals surface area contributed by atoms with E-state index in [9.17, 15) is 0 Å². The van der Waals surface area contributed by atoms with Gasteiger partial charge < -0.3 is 5.73 Å². The molecule has 0 aliphatic rings. The molecular formula is C18H16N2S3. The molecule has 0 radical (unpaired) electrons. The minimum atomic E-state index is 0.134. The predicted molar refractivity (Wildman–Crippen MR) is 103 cm³/mol. The summed E-state index contributed by atoms with van der Waals surface area (Å²) < 4.78 is 1.20. The summed E-state index contributed by atoms with van der Waals surface area (Å²) in [5.41, 5.74) is 8.05. The highest BCUT2D eigenvalue weighted by Gasteiger charge is 2.12. The molecule has 1 aromatic heterocycles. The summed E-state index contributed by atoms with van der Waals surface area (Å²) in [7, 11) is 0. The van der Waals surface area contributed by atoms with Crippen LogP contribution < -0.4 is 5.73 Å². The van der Waals surface area contributed by atoms with Gasteiger partial charge in [0, 0.05) is 9.79 Å². The minimum absolute atomic E-state index is 0.134. The molecule has 3 rings (SSSR count). The van der Waals surface area contributed by atoms with Crippen molar-refractivity contribution in [3.05, 3.63) is 65.5 Å². The summed E-state index contributed by atoms with van der Waals surface area (Å²) in [6.45, 7) is 0. The summed E-state index contributed by atoms with van der Waals surface area (Å²) in [5, 5.41) is 7.62. The first-order chi connectivity index (χ1) is 11.2. The Balaban J connectivity index is 1.91. The average molecular weight is 357 g/mol. The number of nitrogens with two attached hydrogens (primary N) is 1. The standard InChI is InChI=1S/C18H16N2S3/c1-21-18-16(11-15(23-18)17(19)20)22-14-9-5-8-13(10-14)12-6-3-2-4-7-12/h2-11H,1H3,(H3,19,20). The molecule has 0 spiro atoms. The topological polar surface area (TPSA) is 49.9 Å². The predicted octanol–water partition coefficient (Wildman–Crippen LogP) is 5.57. The molecule has 0 saturated carbocycles. The van der Waals surface area contributed by atoms with E-state index in [1.807, 2.05) is 12.1 Å². The monoisotopic (exact) mass is 356 g/mol. The van der Waals surface area contributed by atoms with Crippen LogP contribution in [0, 0.1) is 5.41 Å². The molecule has 0 saturated heterocycles. The lowest BCUT2D eigenvalue weighted by Gasteiger charge is -2.05. The van der Waals surface area contributed by atoms with Gasteiger partial charge in [0.2, 0.25) is 0 Å². The van der Waals surface area contributed by atoms with Crippen molar-refractivity contribution in [1.29, 1.82) is 5.41 Å². The number of benzene rings is 2. The van der Waals surface area contributed by atoms with Crippen LogP contribution in [0.5, 0.6) is 0 Å². The smallest absolute Gasteiger partial charge is 0.133 e. The van der Waals surface area contributed by atoms with Crippen LogP contribution in [0.15, 0.2) is 74.7 Å². The quantitative estimate of drug-likeness (QED) is 0.357. The van der Waals surface area contributed by atoms with Crippen molar-refractivity contribution in [3.63, 3.8) is 0 Å². The maximum atomic E-state index is 7.62. The van der Waals surface area contributed by atoms with Crippen LogP contribution in [0.25, 0.3) is 11.1 Å². The van der Waals surface area contributed by atoms with Gasteiger partial charge in [-0.2, -0.15) is 0 Å². The van der Waals surface area contributed by atoms with Gasteiger partial charge in [-0.25, -0.2) is 0 Å². The van der Waals surface area contributed by atoms with Crippen LogP contribution in [0.3, 0.4) is 0 Å². The van der Waals surface area contributed by atoms with E-state index in [1.165, 1.54) is 20.2 Å². The van der Waals surface area contributed by atoms with Gasteiger partial charge in [0.15, 0.2) is 0 Å². The second-order valence-corrected chi connectivity index (χ2v) is 8.12. The van der Waals surface area contributed by atoms with Gasteiger partial charge in [-0.1, -0.05) is 54.2 Å². The number of hydrogen-bond donors (Lipinski definition) is 2. The summed E-state index contributed by atoms with van der Waals surface area (Å²) >= 11 is 5.00. The molecule has 0 amide bonds. The fourth-order valence-electron chi connectivity index (χ4n) is 2.20. The zero-order valence-corrected chi connectivity index (χ0v) is 15.0. The van der Waals surface area contributed by atoms with Gasteiger partial charge in [0.05, 0.1) is 9.09 Å². The van der Waals surface area contributed by atoms with Gasteiger partial charge in [0.1, 0.15) is 5.84 Å². The van der Waals surface area contributed by atoms with Gasteiger partial charge in [-0.15, -0.1) is 23.1 Å². The van der Waals surface area contributed by atoms with Crippen molar-refractivity contribution in [1.82, 2.24) is 0 Å². The van der Waals surface area contributed by atoms with Crippen LogP contribution in [-0.4, -0.2) is 12.1 Å². The number of rotatable bonds is 5. The van der Waals surface area contributed by atoms with Crippen LogP contribution in [0.2, 0.25) is 0 Å². The third kappa shape index (κ3) is 3.80. The van der Waals surface area contributed by atoms with E-state index in [1.54, 1.807) is 34.9 Å². The van der Waals surface area contributed by atoms with Crippen molar-refractivity contribution in [2.45, 2.75) is 14.0 Å². The highest BCUT2D eigenvalue weighted by Crippen LogP contribution is 2.41. The Labute approximate surface area is 148 Å². The first-order valence-electron chi connectivity index (χ1n) is 7.03. The zero-order chi connectivity index (χ0) is 16.2. The van der Waals surface area contributed by atoms with Crippen molar-refractivity contribution in [2.75, 3.05) is 6.26 Å². The Morgan fingerprint density at radius 3 is 2.43 bits per heavy atom. The zero-order valence-electron chi connectivity index (χ0n) is 12.6. The van der Waals surface area contributed by atoms with Crippen LogP contribution in [0.4, 0.5) is 0 Å². The molecule has 0 aliphatic heterocycles. The lowest BCUT2D eigenvalue weighted by Crippen LogP contribution is -2.08. The van der Waals surface area contributed by atoms with E-state index in [4.69, 9.17) is 11.1 Å². The third-order valence-electron chi connectivity index (χ3n) is 3.29. The fourth-order valence-corrected chi connectivity index (χ4v) is 5.26. The summed E-state index contributed by atoms with van der Waals surface area (Å²) in [6.07, 6.45) is 2.06. The Morgan fingerprint density at radius 1 is 1.00 bits per heavy atom. The Morgan fingerprint density at radius 2 is 1.74 bits per heavy atom. The summed E-state index contributed by atoms with van der Waals surface area (Å²) in [5.74, 6) is 0.134. The first kappa shape index (κ1) is 16.2. The fraction of sp³-hybridized carbons (Fsp3) is 0.0556. The molecule has 0 unspecified atom stereocenters. The first-order valence-corrected chi connectivity index (χ1v) is 9.88. The Bertz CT molecular complexity index is 825. The van der Waals surface area contributed by atoms with E-state index < -0.39 is 0 Å². The largest absolute Gasteiger partial charge is 0.383 e. The van der Waals surface area contributed by atoms with Gasteiger partial charge in [-0.3, -0.25) is 5.41 Å². The molecule has 2 nitrogen and oxygen atoms in total. The molecule has 0 aliphatic carbocycles. The van der Waals surface area contributed by atoms with E-state index >= 15 is 0 Å². The maximum absolute atomic E-state index is 7.62. The second kappa shape index (κ2) is 7.25. The molecule has 1 heterocycles. The van der Waals surface area contributed by atoms with Gasteiger partial charge in [-0.05, 0) is 35.6 Å². The van der Waals surface area contributed by atoms with E-state index in [0.717, 1.165) is 9.77 Å². The average Bonchev–Trinajstić information content (AvgIpc) is 2.99. The molecule has 2 aromatic carbocycles. The van der Waals surface area contributed by atoms with E-state index in [0.29, 0.717) is 0 Å². The van der Waals surface area contributed by atoms with Crippen molar-refractivity contribution in [3.8, 4) is 11.1 Å². The van der Waals surface area contributed by atoms with E-state index in [2.05, 4.69) is 54.8 Å². The second-order valence-electron chi connectivity index (χ2n) is 4.88. The molecule has 5 heteroatoms. The summed E-state index contributed by atoms with van der Waals surface area (Å²) in [4.78, 5) is 3.18. The molecule has 3 N–H and O–H groups in total. The van der Waals surface area contributed by atoms with Crippen molar-refractivity contribution >= 4 is 40.7 Å². The number of thiophene rings is 1. The van der Waals surface area contributed by atoms with Crippen molar-refractivity contribution < 1.29 is 0 Å². The number of hydrogen-bond acceptors (Lipinski definition) is 4. The molecule has 0 fully saturated rings. The van der Waals surface area contributed by atoms with Crippen molar-refractivity contribution in [2.24, 2.45) is 5.73 Å². The lowest BCUT2D eigenvalue weighted by atomic mass is 10.1. The molecule has 116 valence electrons. The molecule has 0 atom stereocenters. The number of thioether (sulfide) groups is 1. The maximum Gasteiger partial charge on any atom is 0.133 e.